The normalized spacial score (nSPS) is 11.6. The molecule has 0 aliphatic rings. The molecule has 1 atom stereocenters. The number of para-hydroxylation sites is 1. The van der Waals surface area contributed by atoms with Crippen LogP contribution >= 0.6 is 0 Å². The Morgan fingerprint density at radius 2 is 1.94 bits per heavy atom. The van der Waals surface area contributed by atoms with Gasteiger partial charge in [0.2, 0.25) is 0 Å². The SMILES string of the molecule is CCOC(=O)COC(Oc1ccccc1)C(=O)O. The summed E-state index contributed by atoms with van der Waals surface area (Å²) in [4.78, 5) is 21.9. The van der Waals surface area contributed by atoms with E-state index in [0.717, 1.165) is 0 Å². The van der Waals surface area contributed by atoms with Crippen molar-refractivity contribution in [1.29, 1.82) is 0 Å². The molecule has 6 nitrogen and oxygen atoms in total. The van der Waals surface area contributed by atoms with Crippen LogP contribution in [0.5, 0.6) is 5.75 Å². The molecule has 0 saturated carbocycles. The van der Waals surface area contributed by atoms with Crippen molar-refractivity contribution in [2.24, 2.45) is 0 Å². The molecule has 18 heavy (non-hydrogen) atoms. The fourth-order valence-corrected chi connectivity index (χ4v) is 1.12. The van der Waals surface area contributed by atoms with Crippen molar-refractivity contribution in [3.05, 3.63) is 30.3 Å². The number of carbonyl (C=O) groups excluding carboxylic acids is 1. The van der Waals surface area contributed by atoms with E-state index in [0.29, 0.717) is 5.75 Å². The Morgan fingerprint density at radius 3 is 2.50 bits per heavy atom. The summed E-state index contributed by atoms with van der Waals surface area (Å²) in [5.41, 5.74) is 0. The number of carboxylic acid groups (broad SMARTS) is 1. The number of rotatable bonds is 7. The molecular weight excluding hydrogens is 240 g/mol. The van der Waals surface area contributed by atoms with Gasteiger partial charge in [0.05, 0.1) is 6.61 Å². The van der Waals surface area contributed by atoms with Gasteiger partial charge in [-0.2, -0.15) is 0 Å². The van der Waals surface area contributed by atoms with E-state index in [4.69, 9.17) is 14.6 Å². The summed E-state index contributed by atoms with van der Waals surface area (Å²) in [7, 11) is 0. The first-order chi connectivity index (χ1) is 8.63. The molecule has 0 spiro atoms. The second-order valence-electron chi connectivity index (χ2n) is 3.22. The maximum absolute atomic E-state index is 11.0. The zero-order valence-corrected chi connectivity index (χ0v) is 9.87. The zero-order chi connectivity index (χ0) is 13.4. The summed E-state index contributed by atoms with van der Waals surface area (Å²) in [5, 5.41) is 8.88. The maximum atomic E-state index is 11.0. The van der Waals surface area contributed by atoms with E-state index in [1.165, 1.54) is 0 Å². The van der Waals surface area contributed by atoms with Gasteiger partial charge < -0.3 is 19.3 Å². The number of hydrogen-bond donors (Lipinski definition) is 1. The number of ether oxygens (including phenoxy) is 3. The van der Waals surface area contributed by atoms with E-state index >= 15 is 0 Å². The van der Waals surface area contributed by atoms with E-state index in [9.17, 15) is 9.59 Å². The van der Waals surface area contributed by atoms with Gasteiger partial charge in [0.15, 0.2) is 0 Å². The fraction of sp³-hybridized carbons (Fsp3) is 0.333. The van der Waals surface area contributed by atoms with Crippen molar-refractivity contribution in [2.45, 2.75) is 13.2 Å². The molecule has 6 heteroatoms. The van der Waals surface area contributed by atoms with Gasteiger partial charge in [-0.3, -0.25) is 0 Å². The van der Waals surface area contributed by atoms with Crippen molar-refractivity contribution in [3.8, 4) is 5.75 Å². The molecule has 0 amide bonds. The molecule has 0 aliphatic heterocycles. The monoisotopic (exact) mass is 254 g/mol. The quantitative estimate of drug-likeness (QED) is 0.578. The average molecular weight is 254 g/mol. The first kappa shape index (κ1) is 14.0. The lowest BCUT2D eigenvalue weighted by Gasteiger charge is -2.14. The number of aliphatic carboxylic acids is 1. The van der Waals surface area contributed by atoms with Crippen LogP contribution in [-0.4, -0.2) is 36.5 Å². The Balaban J connectivity index is 2.51. The molecule has 0 saturated heterocycles. The molecule has 1 unspecified atom stereocenters. The van der Waals surface area contributed by atoms with Crippen molar-refractivity contribution >= 4 is 11.9 Å². The molecule has 1 aromatic rings. The number of carboxylic acids is 1. The Labute approximate surface area is 104 Å². The van der Waals surface area contributed by atoms with Crippen molar-refractivity contribution < 1.29 is 28.9 Å². The number of benzene rings is 1. The molecule has 0 radical (unpaired) electrons. The van der Waals surface area contributed by atoms with E-state index < -0.39 is 24.8 Å². The minimum atomic E-state index is -1.54. The van der Waals surface area contributed by atoms with Crippen LogP contribution in [-0.2, 0) is 19.1 Å². The lowest BCUT2D eigenvalue weighted by atomic mass is 10.3. The predicted molar refractivity (Wildman–Crippen MR) is 61.1 cm³/mol. The number of hydrogen-bond acceptors (Lipinski definition) is 5. The first-order valence-corrected chi connectivity index (χ1v) is 5.35. The second-order valence-corrected chi connectivity index (χ2v) is 3.22. The van der Waals surface area contributed by atoms with Crippen molar-refractivity contribution in [3.63, 3.8) is 0 Å². The van der Waals surface area contributed by atoms with Gasteiger partial charge in [-0.1, -0.05) is 18.2 Å². The number of esters is 1. The van der Waals surface area contributed by atoms with E-state index in [1.54, 1.807) is 37.3 Å². The number of carbonyl (C=O) groups is 2. The summed E-state index contributed by atoms with van der Waals surface area (Å²) in [6.45, 7) is 1.38. The summed E-state index contributed by atoms with van der Waals surface area (Å²) < 4.78 is 14.5. The highest BCUT2D eigenvalue weighted by atomic mass is 16.7. The molecule has 1 rings (SSSR count). The Morgan fingerprint density at radius 1 is 1.28 bits per heavy atom. The smallest absolute Gasteiger partial charge is 0.373 e. The van der Waals surface area contributed by atoms with Gasteiger partial charge in [0.1, 0.15) is 12.4 Å². The van der Waals surface area contributed by atoms with Gasteiger partial charge in [0.25, 0.3) is 6.29 Å². The minimum Gasteiger partial charge on any atom is -0.477 e. The Hall–Kier alpha value is -2.08. The van der Waals surface area contributed by atoms with Crippen LogP contribution in [0.3, 0.4) is 0 Å². The topological polar surface area (TPSA) is 82.1 Å². The van der Waals surface area contributed by atoms with Crippen molar-refractivity contribution in [2.75, 3.05) is 13.2 Å². The Bertz CT molecular complexity index is 389. The molecular formula is C12H14O6. The summed E-state index contributed by atoms with van der Waals surface area (Å²) >= 11 is 0. The maximum Gasteiger partial charge on any atom is 0.373 e. The van der Waals surface area contributed by atoms with Crippen LogP contribution in [0.4, 0.5) is 0 Å². The summed E-state index contributed by atoms with van der Waals surface area (Å²) in [6, 6.07) is 8.33. The van der Waals surface area contributed by atoms with Gasteiger partial charge in [-0.25, -0.2) is 9.59 Å². The third-order valence-corrected chi connectivity index (χ3v) is 1.85. The van der Waals surface area contributed by atoms with Gasteiger partial charge in [-0.05, 0) is 19.1 Å². The standard InChI is InChI=1S/C12H14O6/c1-2-16-10(13)8-17-12(11(14)15)18-9-6-4-3-5-7-9/h3-7,12H,2,8H2,1H3,(H,14,15). The van der Waals surface area contributed by atoms with Crippen LogP contribution in [0.15, 0.2) is 30.3 Å². The zero-order valence-electron chi connectivity index (χ0n) is 9.87. The molecule has 0 fully saturated rings. The minimum absolute atomic E-state index is 0.208. The largest absolute Gasteiger partial charge is 0.477 e. The molecule has 0 heterocycles. The van der Waals surface area contributed by atoms with Crippen molar-refractivity contribution in [1.82, 2.24) is 0 Å². The van der Waals surface area contributed by atoms with E-state index in [-0.39, 0.29) is 6.61 Å². The first-order valence-electron chi connectivity index (χ1n) is 5.35. The fourth-order valence-electron chi connectivity index (χ4n) is 1.12. The summed E-state index contributed by atoms with van der Waals surface area (Å²) in [6.07, 6.45) is -1.54. The van der Waals surface area contributed by atoms with Crippen LogP contribution in [0.2, 0.25) is 0 Å². The van der Waals surface area contributed by atoms with Gasteiger partial charge in [0, 0.05) is 0 Å². The average Bonchev–Trinajstić information content (AvgIpc) is 2.35. The van der Waals surface area contributed by atoms with E-state index in [1.807, 2.05) is 0 Å². The predicted octanol–water partition coefficient (Wildman–Crippen LogP) is 1.06. The second kappa shape index (κ2) is 7.29. The Kier molecular flexibility index (Phi) is 5.66. The highest BCUT2D eigenvalue weighted by Crippen LogP contribution is 2.11. The highest BCUT2D eigenvalue weighted by molar-refractivity contribution is 5.73. The lowest BCUT2D eigenvalue weighted by Crippen LogP contribution is -2.32. The van der Waals surface area contributed by atoms with Gasteiger partial charge in [-0.15, -0.1) is 0 Å². The molecule has 0 aliphatic carbocycles. The van der Waals surface area contributed by atoms with Crippen LogP contribution < -0.4 is 4.74 Å². The van der Waals surface area contributed by atoms with Gasteiger partial charge >= 0.3 is 11.9 Å². The third-order valence-electron chi connectivity index (χ3n) is 1.85. The molecule has 1 aromatic carbocycles. The van der Waals surface area contributed by atoms with Crippen LogP contribution in [0, 0.1) is 0 Å². The van der Waals surface area contributed by atoms with Crippen LogP contribution in [0.25, 0.3) is 0 Å². The molecule has 0 bridgehead atoms. The molecule has 1 N–H and O–H groups in total. The highest BCUT2D eigenvalue weighted by Gasteiger charge is 2.21. The molecule has 98 valence electrons. The molecule has 0 aromatic heterocycles. The summed E-state index contributed by atoms with van der Waals surface area (Å²) in [5.74, 6) is -1.61. The van der Waals surface area contributed by atoms with Crippen LogP contribution in [0.1, 0.15) is 6.92 Å². The lowest BCUT2D eigenvalue weighted by molar-refractivity contribution is -0.177. The van der Waals surface area contributed by atoms with E-state index in [2.05, 4.69) is 4.74 Å². The third kappa shape index (κ3) is 4.84.